The molecule has 0 bridgehead atoms. The summed E-state index contributed by atoms with van der Waals surface area (Å²) in [6.45, 7) is 6.94. The van der Waals surface area contributed by atoms with Crippen molar-refractivity contribution in [3.63, 3.8) is 0 Å². The summed E-state index contributed by atoms with van der Waals surface area (Å²) >= 11 is 0. The van der Waals surface area contributed by atoms with Crippen LogP contribution in [0.3, 0.4) is 0 Å². The number of carbonyl (C=O) groups excluding carboxylic acids is 2. The Hall–Kier alpha value is -3.13. The van der Waals surface area contributed by atoms with Crippen molar-refractivity contribution in [3.05, 3.63) is 58.9 Å². The number of pyridine rings is 1. The minimum atomic E-state index is -0.731. The largest absolute Gasteiger partial charge is 0.616 e. The summed E-state index contributed by atoms with van der Waals surface area (Å²) in [5, 5.41) is 15.3. The van der Waals surface area contributed by atoms with Gasteiger partial charge in [-0.25, -0.2) is 0 Å². The first-order valence-electron chi connectivity index (χ1n) is 15.2. The number of hydrogen-bond donors (Lipinski definition) is 1. The van der Waals surface area contributed by atoms with Crippen molar-refractivity contribution in [1.82, 2.24) is 15.1 Å². The average molecular weight is 549 g/mol. The maximum atomic E-state index is 13.8. The molecule has 1 unspecified atom stereocenters. The van der Waals surface area contributed by atoms with E-state index >= 15 is 0 Å². The smallest absolute Gasteiger partial charge is 0.384 e. The molecule has 2 saturated heterocycles. The predicted molar refractivity (Wildman–Crippen MR) is 154 cm³/mol. The molecule has 2 amide bonds. The number of piperidine rings is 1. The van der Waals surface area contributed by atoms with E-state index in [1.54, 1.807) is 6.07 Å². The third kappa shape index (κ3) is 6.27. The highest BCUT2D eigenvalue weighted by Gasteiger charge is 2.53. The molecule has 5 rings (SSSR count). The quantitative estimate of drug-likeness (QED) is 0.357. The number of nitrogens with zero attached hydrogens (tertiary/aromatic N) is 3. The van der Waals surface area contributed by atoms with Crippen LogP contribution in [0.15, 0.2) is 42.6 Å². The predicted octanol–water partition coefficient (Wildman–Crippen LogP) is 4.85. The van der Waals surface area contributed by atoms with E-state index in [0.29, 0.717) is 31.1 Å². The van der Waals surface area contributed by atoms with E-state index < -0.39 is 5.54 Å². The summed E-state index contributed by atoms with van der Waals surface area (Å²) in [6, 6.07) is 11.0. The normalized spacial score (nSPS) is 21.9. The highest BCUT2D eigenvalue weighted by molar-refractivity contribution is 6.00. The van der Waals surface area contributed by atoms with Crippen molar-refractivity contribution in [2.75, 3.05) is 19.6 Å². The molecule has 216 valence electrons. The van der Waals surface area contributed by atoms with E-state index in [0.717, 1.165) is 54.8 Å². The van der Waals surface area contributed by atoms with Crippen molar-refractivity contribution in [2.24, 2.45) is 5.92 Å². The summed E-state index contributed by atoms with van der Waals surface area (Å²) in [5.74, 6) is 1.59. The Labute approximate surface area is 238 Å². The van der Waals surface area contributed by atoms with E-state index in [-0.39, 0.29) is 23.7 Å². The number of likely N-dealkylation sites (tertiary alicyclic amines) is 1. The molecule has 1 saturated carbocycles. The molecular formula is C32H44N4O4. The van der Waals surface area contributed by atoms with Gasteiger partial charge in [-0.1, -0.05) is 57.6 Å². The molecule has 8 heteroatoms. The van der Waals surface area contributed by atoms with Gasteiger partial charge in [-0.3, -0.25) is 14.5 Å². The third-order valence-electron chi connectivity index (χ3n) is 9.10. The zero-order chi connectivity index (χ0) is 28.1. The molecule has 1 N–H and O–H groups in total. The second kappa shape index (κ2) is 12.6. The van der Waals surface area contributed by atoms with Gasteiger partial charge in [0.1, 0.15) is 17.3 Å². The summed E-state index contributed by atoms with van der Waals surface area (Å²) in [4.78, 5) is 31.8. The number of unbranched alkanes of at least 4 members (excludes halogenated alkanes) is 1. The Balaban J connectivity index is 1.20. The van der Waals surface area contributed by atoms with Crippen LogP contribution in [-0.2, 0) is 16.1 Å². The van der Waals surface area contributed by atoms with Crippen LogP contribution in [0.25, 0.3) is 0 Å². The highest BCUT2D eigenvalue weighted by atomic mass is 16.6. The fraction of sp³-hybridized carbons (Fsp3) is 0.594. The molecule has 2 aromatic rings. The Kier molecular flexibility index (Phi) is 8.94. The maximum Gasteiger partial charge on any atom is 0.384 e. The number of nitrogens with one attached hydrogen (secondary N) is 1. The molecule has 2 aliphatic heterocycles. The lowest BCUT2D eigenvalue weighted by Gasteiger charge is -2.52. The molecule has 3 fully saturated rings. The highest BCUT2D eigenvalue weighted by Crippen LogP contribution is 2.36. The lowest BCUT2D eigenvalue weighted by atomic mass is 9.79. The first-order chi connectivity index (χ1) is 19.4. The van der Waals surface area contributed by atoms with Gasteiger partial charge in [-0.15, -0.1) is 4.73 Å². The number of rotatable bonds is 9. The van der Waals surface area contributed by atoms with Crippen molar-refractivity contribution < 1.29 is 19.1 Å². The third-order valence-corrected chi connectivity index (χ3v) is 9.10. The van der Waals surface area contributed by atoms with Gasteiger partial charge in [-0.05, 0) is 62.3 Å². The molecule has 8 nitrogen and oxygen atoms in total. The van der Waals surface area contributed by atoms with Crippen LogP contribution in [0.4, 0.5) is 0 Å². The number of piperazine rings is 1. The van der Waals surface area contributed by atoms with E-state index in [1.165, 1.54) is 38.3 Å². The van der Waals surface area contributed by atoms with Crippen LogP contribution < -0.4 is 14.8 Å². The van der Waals surface area contributed by atoms with Crippen LogP contribution in [-0.4, -0.2) is 52.8 Å². The summed E-state index contributed by atoms with van der Waals surface area (Å²) < 4.78 is 6.50. The number of benzene rings is 1. The number of hydrogen-bond acceptors (Lipinski definition) is 5. The fourth-order valence-electron chi connectivity index (χ4n) is 6.70. The van der Waals surface area contributed by atoms with Crippen molar-refractivity contribution in [1.29, 1.82) is 0 Å². The fourth-order valence-corrected chi connectivity index (χ4v) is 6.70. The Morgan fingerprint density at radius 2 is 1.77 bits per heavy atom. The maximum absolute atomic E-state index is 13.8. The van der Waals surface area contributed by atoms with E-state index in [9.17, 15) is 14.8 Å². The molecule has 1 aliphatic carbocycles. The standard InChI is InChI=1S/C32H44N4O4/c1-3-4-18-35-30(37)28(21-25-8-6-5-7-9-25)33-31(38)32(35)16-19-34(20-17-32)23-26-11-13-27(14-12-26)40-29-15-10-24(2)22-36(29)39/h10-15,22,25,28H,3-9,16-21,23H2,1-2H3,(H,33,38). The van der Waals surface area contributed by atoms with Gasteiger partial charge in [0.2, 0.25) is 11.8 Å². The van der Waals surface area contributed by atoms with Gasteiger partial charge in [0.25, 0.3) is 0 Å². The van der Waals surface area contributed by atoms with Crippen LogP contribution in [0, 0.1) is 18.0 Å². The molecule has 1 aromatic carbocycles. The average Bonchev–Trinajstić information content (AvgIpc) is 2.96. The van der Waals surface area contributed by atoms with Crippen molar-refractivity contribution in [3.8, 4) is 11.6 Å². The SMILES string of the molecule is CCCCN1C(=O)C(CC2CCCCC2)NC(=O)C12CCN(Cc1ccc(Oc3ccc(C)c[n+]3[O-])cc1)CC2. The lowest BCUT2D eigenvalue weighted by Crippen LogP contribution is -2.73. The number of ether oxygens (including phenoxy) is 1. The van der Waals surface area contributed by atoms with Gasteiger partial charge in [0, 0.05) is 31.7 Å². The van der Waals surface area contributed by atoms with Crippen LogP contribution in [0.1, 0.15) is 82.3 Å². The number of carbonyl (C=O) groups is 2. The second-order valence-corrected chi connectivity index (χ2v) is 12.0. The number of amides is 2. The van der Waals surface area contributed by atoms with Crippen molar-refractivity contribution in [2.45, 2.75) is 96.2 Å². The van der Waals surface area contributed by atoms with Crippen LogP contribution >= 0.6 is 0 Å². The second-order valence-electron chi connectivity index (χ2n) is 12.0. The van der Waals surface area contributed by atoms with Gasteiger partial charge in [0.15, 0.2) is 6.20 Å². The number of aryl methyl sites for hydroxylation is 1. The zero-order valence-electron chi connectivity index (χ0n) is 24.1. The molecule has 0 radical (unpaired) electrons. The van der Waals surface area contributed by atoms with Gasteiger partial charge in [0.05, 0.1) is 6.07 Å². The molecule has 3 heterocycles. The summed E-state index contributed by atoms with van der Waals surface area (Å²) in [7, 11) is 0. The Bertz CT molecular complexity index is 1170. The molecule has 40 heavy (non-hydrogen) atoms. The van der Waals surface area contributed by atoms with E-state index in [1.807, 2.05) is 42.2 Å². The molecule has 1 aromatic heterocycles. The van der Waals surface area contributed by atoms with Crippen LogP contribution in [0.2, 0.25) is 0 Å². The van der Waals surface area contributed by atoms with Crippen molar-refractivity contribution >= 4 is 11.8 Å². The Morgan fingerprint density at radius 1 is 1.05 bits per heavy atom. The summed E-state index contributed by atoms with van der Waals surface area (Å²) in [5.41, 5.74) is 1.29. The minimum absolute atomic E-state index is 0.0527. The molecule has 1 atom stereocenters. The lowest BCUT2D eigenvalue weighted by molar-refractivity contribution is -0.611. The van der Waals surface area contributed by atoms with Gasteiger partial charge >= 0.3 is 5.88 Å². The number of aromatic nitrogens is 1. The van der Waals surface area contributed by atoms with Gasteiger partial charge in [-0.2, -0.15) is 0 Å². The molecular weight excluding hydrogens is 504 g/mol. The molecule has 3 aliphatic rings. The van der Waals surface area contributed by atoms with Gasteiger partial charge < -0.3 is 20.2 Å². The topological polar surface area (TPSA) is 88.8 Å². The zero-order valence-corrected chi connectivity index (χ0v) is 24.1. The van der Waals surface area contributed by atoms with E-state index in [4.69, 9.17) is 4.74 Å². The first-order valence-corrected chi connectivity index (χ1v) is 15.2. The summed E-state index contributed by atoms with van der Waals surface area (Å²) in [6.07, 6.45) is 11.6. The monoisotopic (exact) mass is 548 g/mol. The first kappa shape index (κ1) is 28.4. The Morgan fingerprint density at radius 3 is 2.45 bits per heavy atom. The minimum Gasteiger partial charge on any atom is -0.616 e. The molecule has 1 spiro atoms. The van der Waals surface area contributed by atoms with E-state index in [2.05, 4.69) is 17.1 Å². The van der Waals surface area contributed by atoms with Crippen LogP contribution in [0.5, 0.6) is 11.6 Å².